The van der Waals surface area contributed by atoms with Crippen molar-refractivity contribution in [2.24, 2.45) is 0 Å². The first kappa shape index (κ1) is 21.8. The van der Waals surface area contributed by atoms with E-state index in [0.717, 1.165) is 12.1 Å². The zero-order chi connectivity index (χ0) is 22.2. The molecule has 1 heterocycles. The summed E-state index contributed by atoms with van der Waals surface area (Å²) >= 11 is 0. The van der Waals surface area contributed by atoms with Crippen LogP contribution in [-0.4, -0.2) is 44.0 Å². The van der Waals surface area contributed by atoms with Crippen molar-refractivity contribution in [1.29, 1.82) is 0 Å². The lowest BCUT2D eigenvalue weighted by atomic mass is 10.1. The Morgan fingerprint density at radius 3 is 2.58 bits per heavy atom. The average Bonchev–Trinajstić information content (AvgIpc) is 3.22. The number of benzene rings is 2. The quantitative estimate of drug-likeness (QED) is 0.544. The molecule has 31 heavy (non-hydrogen) atoms. The van der Waals surface area contributed by atoms with Crippen LogP contribution in [0, 0.1) is 0 Å². The number of amides is 2. The van der Waals surface area contributed by atoms with Crippen LogP contribution < -0.4 is 10.2 Å². The molecule has 0 saturated carbocycles. The van der Waals surface area contributed by atoms with Gasteiger partial charge in [-0.3, -0.25) is 9.59 Å². The number of methoxy groups -OCH3 is 1. The summed E-state index contributed by atoms with van der Waals surface area (Å²) in [7, 11) is 1.30. The van der Waals surface area contributed by atoms with Crippen LogP contribution in [0.4, 0.5) is 11.4 Å². The third kappa shape index (κ3) is 6.02. The van der Waals surface area contributed by atoms with Crippen LogP contribution in [0.1, 0.15) is 28.8 Å². The topological polar surface area (TPSA) is 102 Å². The molecule has 1 saturated heterocycles. The van der Waals surface area contributed by atoms with Gasteiger partial charge in [0.25, 0.3) is 5.91 Å². The molecule has 0 aromatic heterocycles. The minimum absolute atomic E-state index is 0.0594. The minimum atomic E-state index is -0.677. The van der Waals surface area contributed by atoms with Crippen LogP contribution in [0.2, 0.25) is 0 Å². The number of rotatable bonds is 7. The SMILES string of the molecule is COC(=O)c1ccc(/C=C/C(=O)OCC(=O)Nc2cccc(N3CCCC3=O)c2)cc1. The van der Waals surface area contributed by atoms with Crippen LogP contribution >= 0.6 is 0 Å². The van der Waals surface area contributed by atoms with Gasteiger partial charge in [-0.1, -0.05) is 18.2 Å². The molecular formula is C23H22N2O6. The van der Waals surface area contributed by atoms with E-state index >= 15 is 0 Å². The zero-order valence-corrected chi connectivity index (χ0v) is 17.0. The molecule has 0 radical (unpaired) electrons. The Morgan fingerprint density at radius 2 is 1.90 bits per heavy atom. The number of carbonyl (C=O) groups is 4. The molecule has 8 nitrogen and oxygen atoms in total. The molecular weight excluding hydrogens is 400 g/mol. The van der Waals surface area contributed by atoms with Crippen molar-refractivity contribution in [2.75, 3.05) is 30.5 Å². The molecule has 1 N–H and O–H groups in total. The number of nitrogens with zero attached hydrogens (tertiary/aromatic N) is 1. The molecule has 1 aliphatic heterocycles. The number of nitrogens with one attached hydrogen (secondary N) is 1. The number of hydrogen-bond donors (Lipinski definition) is 1. The second kappa shape index (κ2) is 10.2. The molecule has 2 aromatic rings. The van der Waals surface area contributed by atoms with Crippen molar-refractivity contribution in [3.8, 4) is 0 Å². The summed E-state index contributed by atoms with van der Waals surface area (Å²) in [5, 5.41) is 2.65. The monoisotopic (exact) mass is 422 g/mol. The summed E-state index contributed by atoms with van der Waals surface area (Å²) in [6.45, 7) is 0.211. The van der Waals surface area contributed by atoms with E-state index in [4.69, 9.17) is 4.74 Å². The fourth-order valence-corrected chi connectivity index (χ4v) is 3.07. The zero-order valence-electron chi connectivity index (χ0n) is 17.0. The van der Waals surface area contributed by atoms with Gasteiger partial charge in [0, 0.05) is 30.4 Å². The van der Waals surface area contributed by atoms with Crippen molar-refractivity contribution in [3.63, 3.8) is 0 Å². The van der Waals surface area contributed by atoms with Crippen LogP contribution in [0.15, 0.2) is 54.6 Å². The lowest BCUT2D eigenvalue weighted by Gasteiger charge is -2.16. The standard InChI is InChI=1S/C23H22N2O6/c1-30-23(29)17-10-7-16(8-11-17)9-12-22(28)31-15-20(26)24-18-4-2-5-19(14-18)25-13-3-6-21(25)27/h2,4-5,7-12,14H,3,6,13,15H2,1H3,(H,24,26)/b12-9+. The summed E-state index contributed by atoms with van der Waals surface area (Å²) in [6.07, 6.45) is 4.04. The number of carbonyl (C=O) groups excluding carboxylic acids is 4. The first-order chi connectivity index (χ1) is 15.0. The van der Waals surface area contributed by atoms with Crippen LogP contribution in [-0.2, 0) is 23.9 Å². The number of hydrogen-bond acceptors (Lipinski definition) is 6. The largest absolute Gasteiger partial charge is 0.465 e. The van der Waals surface area contributed by atoms with Gasteiger partial charge in [-0.15, -0.1) is 0 Å². The maximum atomic E-state index is 12.1. The molecule has 0 spiro atoms. The molecule has 0 unspecified atom stereocenters. The highest BCUT2D eigenvalue weighted by Crippen LogP contribution is 2.24. The van der Waals surface area contributed by atoms with Crippen molar-refractivity contribution in [1.82, 2.24) is 0 Å². The van der Waals surface area contributed by atoms with Gasteiger partial charge in [0.15, 0.2) is 6.61 Å². The lowest BCUT2D eigenvalue weighted by Crippen LogP contribution is -2.24. The maximum absolute atomic E-state index is 12.1. The Balaban J connectivity index is 1.48. The normalized spacial score (nSPS) is 13.3. The Morgan fingerprint density at radius 1 is 1.13 bits per heavy atom. The molecule has 8 heteroatoms. The third-order valence-corrected chi connectivity index (χ3v) is 4.60. The summed E-state index contributed by atoms with van der Waals surface area (Å²) in [4.78, 5) is 48.9. The summed E-state index contributed by atoms with van der Waals surface area (Å²) in [5.41, 5.74) is 2.32. The molecule has 1 aliphatic rings. The molecule has 0 bridgehead atoms. The van der Waals surface area contributed by atoms with Crippen molar-refractivity contribution in [2.45, 2.75) is 12.8 Å². The average molecular weight is 422 g/mol. The van der Waals surface area contributed by atoms with Crippen LogP contribution in [0.3, 0.4) is 0 Å². The van der Waals surface area contributed by atoms with E-state index in [0.29, 0.717) is 29.8 Å². The Hall–Kier alpha value is -3.94. The summed E-state index contributed by atoms with van der Waals surface area (Å²) in [6, 6.07) is 13.4. The van der Waals surface area contributed by atoms with Gasteiger partial charge < -0.3 is 19.7 Å². The highest BCUT2D eigenvalue weighted by molar-refractivity contribution is 5.98. The third-order valence-electron chi connectivity index (χ3n) is 4.60. The van der Waals surface area contributed by atoms with E-state index in [-0.39, 0.29) is 5.91 Å². The van der Waals surface area contributed by atoms with Gasteiger partial charge in [-0.05, 0) is 48.4 Å². The predicted molar refractivity (Wildman–Crippen MR) is 114 cm³/mol. The van der Waals surface area contributed by atoms with E-state index < -0.39 is 24.5 Å². The summed E-state index contributed by atoms with van der Waals surface area (Å²) < 4.78 is 9.57. The fourth-order valence-electron chi connectivity index (χ4n) is 3.07. The van der Waals surface area contributed by atoms with Crippen molar-refractivity contribution < 1.29 is 28.7 Å². The first-order valence-electron chi connectivity index (χ1n) is 9.70. The number of anilines is 2. The van der Waals surface area contributed by atoms with E-state index in [2.05, 4.69) is 10.1 Å². The van der Waals surface area contributed by atoms with E-state index in [9.17, 15) is 19.2 Å². The highest BCUT2D eigenvalue weighted by atomic mass is 16.5. The first-order valence-corrected chi connectivity index (χ1v) is 9.70. The lowest BCUT2D eigenvalue weighted by molar-refractivity contribution is -0.142. The molecule has 1 fully saturated rings. The van der Waals surface area contributed by atoms with E-state index in [1.807, 2.05) is 0 Å². The molecule has 2 amide bonds. The minimum Gasteiger partial charge on any atom is -0.465 e. The predicted octanol–water partition coefficient (Wildman–Crippen LogP) is 2.80. The van der Waals surface area contributed by atoms with Gasteiger partial charge in [0.05, 0.1) is 12.7 Å². The highest BCUT2D eigenvalue weighted by Gasteiger charge is 2.21. The van der Waals surface area contributed by atoms with E-state index in [1.54, 1.807) is 53.4 Å². The Bertz CT molecular complexity index is 1010. The van der Waals surface area contributed by atoms with Gasteiger partial charge in [-0.25, -0.2) is 9.59 Å². The van der Waals surface area contributed by atoms with Gasteiger partial charge in [0.2, 0.25) is 5.91 Å². The van der Waals surface area contributed by atoms with Gasteiger partial charge in [-0.2, -0.15) is 0 Å². The number of ether oxygens (including phenoxy) is 2. The molecule has 3 rings (SSSR count). The van der Waals surface area contributed by atoms with Crippen LogP contribution in [0.25, 0.3) is 6.08 Å². The van der Waals surface area contributed by atoms with Gasteiger partial charge in [0.1, 0.15) is 0 Å². The maximum Gasteiger partial charge on any atom is 0.337 e. The Kier molecular flexibility index (Phi) is 7.16. The fraction of sp³-hybridized carbons (Fsp3) is 0.217. The second-order valence-electron chi connectivity index (χ2n) is 6.80. The van der Waals surface area contributed by atoms with Crippen LogP contribution in [0.5, 0.6) is 0 Å². The van der Waals surface area contributed by atoms with Crippen molar-refractivity contribution in [3.05, 3.63) is 65.7 Å². The van der Waals surface area contributed by atoms with Gasteiger partial charge >= 0.3 is 11.9 Å². The number of esters is 2. The molecule has 0 atom stereocenters. The van der Waals surface area contributed by atoms with E-state index in [1.165, 1.54) is 19.3 Å². The molecule has 0 aliphatic carbocycles. The molecule has 160 valence electrons. The Labute approximate surface area is 179 Å². The second-order valence-corrected chi connectivity index (χ2v) is 6.80. The summed E-state index contributed by atoms with van der Waals surface area (Å²) in [5.74, 6) is -1.56. The molecule has 2 aromatic carbocycles. The smallest absolute Gasteiger partial charge is 0.337 e. The van der Waals surface area contributed by atoms with Crippen molar-refractivity contribution >= 4 is 41.2 Å².